The third-order valence-electron chi connectivity index (χ3n) is 3.10. The third-order valence-corrected chi connectivity index (χ3v) is 4.02. The first-order chi connectivity index (χ1) is 10.6. The maximum absolute atomic E-state index is 11.9. The summed E-state index contributed by atoms with van der Waals surface area (Å²) in [6.45, 7) is -0.00944. The largest absolute Gasteiger partial charge is 0.458 e. The normalized spacial score (nSPS) is 17.0. The van der Waals surface area contributed by atoms with Crippen LogP contribution >= 0.6 is 22.9 Å². The highest BCUT2D eigenvalue weighted by Gasteiger charge is 2.27. The zero-order valence-corrected chi connectivity index (χ0v) is 12.9. The molecule has 2 aromatic rings. The number of carbonyl (C=O) groups is 2. The molecule has 1 aromatic heterocycles. The molecule has 0 saturated carbocycles. The smallest absolute Gasteiger partial charge is 0.339 e. The van der Waals surface area contributed by atoms with Crippen LogP contribution in [0.25, 0.3) is 5.57 Å². The van der Waals surface area contributed by atoms with E-state index in [0.717, 1.165) is 0 Å². The van der Waals surface area contributed by atoms with Crippen molar-refractivity contribution in [2.24, 2.45) is 0 Å². The summed E-state index contributed by atoms with van der Waals surface area (Å²) in [5.74, 6) is -0.874. The number of hydrogen-bond donors (Lipinski definition) is 0. The Morgan fingerprint density at radius 2 is 2.23 bits per heavy atom. The molecule has 1 atom stereocenters. The van der Waals surface area contributed by atoms with Crippen molar-refractivity contribution in [1.29, 1.82) is 0 Å². The zero-order valence-electron chi connectivity index (χ0n) is 11.3. The summed E-state index contributed by atoms with van der Waals surface area (Å²) >= 11 is 7.33. The van der Waals surface area contributed by atoms with Gasteiger partial charge in [-0.05, 0) is 35.2 Å². The van der Waals surface area contributed by atoms with Crippen LogP contribution in [-0.2, 0) is 14.3 Å². The quantitative estimate of drug-likeness (QED) is 0.802. The second-order valence-corrected chi connectivity index (χ2v) is 5.86. The molecule has 0 amide bonds. The lowest BCUT2D eigenvalue weighted by Gasteiger charge is -2.08. The summed E-state index contributed by atoms with van der Waals surface area (Å²) < 4.78 is 10.3. The first-order valence-corrected chi connectivity index (χ1v) is 7.83. The summed E-state index contributed by atoms with van der Waals surface area (Å²) in [7, 11) is 0. The molecule has 1 aliphatic heterocycles. The van der Waals surface area contributed by atoms with Crippen LogP contribution in [0.5, 0.6) is 0 Å². The molecule has 0 bridgehead atoms. The van der Waals surface area contributed by atoms with Crippen LogP contribution < -0.4 is 0 Å². The SMILES string of the molecule is O=C1OC(COC(=O)c2ccsc2)C=C1c1cccc(Cl)c1. The first kappa shape index (κ1) is 14.8. The zero-order chi connectivity index (χ0) is 15.5. The van der Waals surface area contributed by atoms with Crippen molar-refractivity contribution in [2.45, 2.75) is 6.10 Å². The number of esters is 2. The highest BCUT2D eigenvalue weighted by Crippen LogP contribution is 2.26. The molecule has 0 fully saturated rings. The van der Waals surface area contributed by atoms with Crippen molar-refractivity contribution in [3.63, 3.8) is 0 Å². The Kier molecular flexibility index (Phi) is 4.27. The van der Waals surface area contributed by atoms with Crippen molar-refractivity contribution in [2.75, 3.05) is 6.61 Å². The lowest BCUT2D eigenvalue weighted by atomic mass is 10.1. The minimum atomic E-state index is -0.580. The van der Waals surface area contributed by atoms with Crippen LogP contribution in [-0.4, -0.2) is 24.6 Å². The Morgan fingerprint density at radius 3 is 2.95 bits per heavy atom. The monoisotopic (exact) mass is 334 g/mol. The Balaban J connectivity index is 1.67. The molecule has 1 aromatic carbocycles. The molecular weight excluding hydrogens is 324 g/mol. The standard InChI is InChI=1S/C16H11ClO4S/c17-12-3-1-2-10(6-12)14-7-13(21-16(14)19)8-20-15(18)11-4-5-22-9-11/h1-7,9,13H,8H2. The molecule has 0 spiro atoms. The van der Waals surface area contributed by atoms with Crippen LogP contribution in [0.15, 0.2) is 47.2 Å². The van der Waals surface area contributed by atoms with Crippen LogP contribution in [0, 0.1) is 0 Å². The van der Waals surface area contributed by atoms with Crippen LogP contribution in [0.3, 0.4) is 0 Å². The fraction of sp³-hybridized carbons (Fsp3) is 0.125. The molecule has 1 unspecified atom stereocenters. The maximum Gasteiger partial charge on any atom is 0.339 e. The molecule has 22 heavy (non-hydrogen) atoms. The summed E-state index contributed by atoms with van der Waals surface area (Å²) in [5, 5.41) is 4.04. The minimum absolute atomic E-state index is 0.00944. The van der Waals surface area contributed by atoms with Crippen molar-refractivity contribution < 1.29 is 19.1 Å². The Hall–Kier alpha value is -2.11. The second kappa shape index (κ2) is 6.34. The van der Waals surface area contributed by atoms with Gasteiger partial charge in [-0.3, -0.25) is 0 Å². The predicted molar refractivity (Wildman–Crippen MR) is 83.9 cm³/mol. The number of carbonyl (C=O) groups excluding carboxylic acids is 2. The minimum Gasteiger partial charge on any atom is -0.458 e. The van der Waals surface area contributed by atoms with Gasteiger partial charge in [0.2, 0.25) is 0 Å². The molecule has 2 heterocycles. The number of benzene rings is 1. The van der Waals surface area contributed by atoms with Gasteiger partial charge in [-0.25, -0.2) is 9.59 Å². The average Bonchev–Trinajstić information content (AvgIpc) is 3.14. The van der Waals surface area contributed by atoms with E-state index < -0.39 is 18.0 Å². The highest BCUT2D eigenvalue weighted by molar-refractivity contribution is 7.08. The van der Waals surface area contributed by atoms with Gasteiger partial charge in [-0.1, -0.05) is 23.7 Å². The second-order valence-electron chi connectivity index (χ2n) is 4.64. The molecule has 0 aliphatic carbocycles. The van der Waals surface area contributed by atoms with E-state index in [1.54, 1.807) is 47.2 Å². The van der Waals surface area contributed by atoms with E-state index in [0.29, 0.717) is 21.7 Å². The van der Waals surface area contributed by atoms with Gasteiger partial charge < -0.3 is 9.47 Å². The lowest BCUT2D eigenvalue weighted by molar-refractivity contribution is -0.139. The Labute approximate surface area is 135 Å². The van der Waals surface area contributed by atoms with E-state index in [9.17, 15) is 9.59 Å². The van der Waals surface area contributed by atoms with Gasteiger partial charge in [-0.15, -0.1) is 0 Å². The molecule has 112 valence electrons. The summed E-state index contributed by atoms with van der Waals surface area (Å²) in [6.07, 6.45) is 1.07. The molecule has 1 aliphatic rings. The van der Waals surface area contributed by atoms with Crippen molar-refractivity contribution in [3.8, 4) is 0 Å². The number of hydrogen-bond acceptors (Lipinski definition) is 5. The van der Waals surface area contributed by atoms with Gasteiger partial charge in [0, 0.05) is 10.4 Å². The fourth-order valence-corrected chi connectivity index (χ4v) is 2.88. The topological polar surface area (TPSA) is 52.6 Å². The Bertz CT molecular complexity index is 736. The van der Waals surface area contributed by atoms with Gasteiger partial charge in [0.25, 0.3) is 0 Å². The van der Waals surface area contributed by atoms with Gasteiger partial charge in [0.1, 0.15) is 6.61 Å². The van der Waals surface area contributed by atoms with E-state index in [1.165, 1.54) is 11.3 Å². The van der Waals surface area contributed by atoms with Gasteiger partial charge >= 0.3 is 11.9 Å². The summed E-state index contributed by atoms with van der Waals surface area (Å²) in [6, 6.07) is 8.63. The molecule has 3 rings (SSSR count). The lowest BCUT2D eigenvalue weighted by Crippen LogP contribution is -2.18. The van der Waals surface area contributed by atoms with E-state index in [4.69, 9.17) is 21.1 Å². The van der Waals surface area contributed by atoms with Crippen molar-refractivity contribution in [1.82, 2.24) is 0 Å². The van der Waals surface area contributed by atoms with Gasteiger partial charge in [-0.2, -0.15) is 11.3 Å². The molecule has 0 N–H and O–H groups in total. The van der Waals surface area contributed by atoms with E-state index in [-0.39, 0.29) is 6.61 Å². The van der Waals surface area contributed by atoms with Crippen molar-refractivity contribution >= 4 is 40.4 Å². The highest BCUT2D eigenvalue weighted by atomic mass is 35.5. The summed E-state index contributed by atoms with van der Waals surface area (Å²) in [5.41, 5.74) is 1.61. The molecule has 6 heteroatoms. The van der Waals surface area contributed by atoms with E-state index in [1.807, 2.05) is 0 Å². The van der Waals surface area contributed by atoms with Crippen molar-refractivity contribution in [3.05, 3.63) is 63.3 Å². The van der Waals surface area contributed by atoms with Gasteiger partial charge in [0.05, 0.1) is 11.1 Å². The molecule has 4 nitrogen and oxygen atoms in total. The molecular formula is C16H11ClO4S. The van der Waals surface area contributed by atoms with Crippen LogP contribution in [0.1, 0.15) is 15.9 Å². The van der Waals surface area contributed by atoms with Gasteiger partial charge in [0.15, 0.2) is 6.10 Å². The summed E-state index contributed by atoms with van der Waals surface area (Å²) in [4.78, 5) is 23.6. The molecule has 0 saturated heterocycles. The molecule has 0 radical (unpaired) electrons. The Morgan fingerprint density at radius 1 is 1.36 bits per heavy atom. The number of halogens is 1. The number of cyclic esters (lactones) is 1. The number of ether oxygens (including phenoxy) is 2. The third kappa shape index (κ3) is 3.21. The van der Waals surface area contributed by atoms with Crippen LogP contribution in [0.4, 0.5) is 0 Å². The number of thiophene rings is 1. The average molecular weight is 335 g/mol. The number of rotatable bonds is 4. The van der Waals surface area contributed by atoms with E-state index in [2.05, 4.69) is 0 Å². The first-order valence-electron chi connectivity index (χ1n) is 6.51. The van der Waals surface area contributed by atoms with E-state index >= 15 is 0 Å². The fourth-order valence-electron chi connectivity index (χ4n) is 2.06. The predicted octanol–water partition coefficient (Wildman–Crippen LogP) is 3.57. The maximum atomic E-state index is 11.9. The van der Waals surface area contributed by atoms with Crippen LogP contribution in [0.2, 0.25) is 5.02 Å².